The van der Waals surface area contributed by atoms with Crippen LogP contribution in [0.5, 0.6) is 0 Å². The molecule has 0 aliphatic heterocycles. The summed E-state index contributed by atoms with van der Waals surface area (Å²) >= 11 is 3.35. The van der Waals surface area contributed by atoms with Gasteiger partial charge in [-0.25, -0.2) is 0 Å². The van der Waals surface area contributed by atoms with Crippen molar-refractivity contribution in [3.8, 4) is 0 Å². The normalized spacial score (nSPS) is 11.6. The van der Waals surface area contributed by atoms with Gasteiger partial charge in [0.05, 0.1) is 6.61 Å². The van der Waals surface area contributed by atoms with Crippen LogP contribution in [0.15, 0.2) is 59.1 Å². The molecule has 0 spiro atoms. The first-order valence-corrected chi connectivity index (χ1v) is 8.16. The van der Waals surface area contributed by atoms with Crippen LogP contribution in [0.3, 0.4) is 0 Å². The predicted molar refractivity (Wildman–Crippen MR) is 93.0 cm³/mol. The molecule has 0 unspecified atom stereocenters. The summed E-state index contributed by atoms with van der Waals surface area (Å²) in [5.41, 5.74) is 1.54. The fraction of sp³-hybridized carbons (Fsp3) is 0.222. The summed E-state index contributed by atoms with van der Waals surface area (Å²) in [6.45, 7) is 1.97. The fourth-order valence-electron chi connectivity index (χ4n) is 2.17. The molecule has 2 rings (SSSR count). The molecule has 23 heavy (non-hydrogen) atoms. The number of anilines is 1. The van der Waals surface area contributed by atoms with E-state index in [-0.39, 0.29) is 12.5 Å². The summed E-state index contributed by atoms with van der Waals surface area (Å²) in [4.78, 5) is 24.7. The Bertz CT molecular complexity index is 673. The summed E-state index contributed by atoms with van der Waals surface area (Å²) in [6, 6.07) is 16.7. The molecule has 5 heteroatoms. The number of carbonyl (C=O) groups excluding carboxylic acids is 2. The van der Waals surface area contributed by atoms with Gasteiger partial charge in [-0.2, -0.15) is 0 Å². The highest BCUT2D eigenvalue weighted by Gasteiger charge is 2.28. The van der Waals surface area contributed by atoms with Crippen molar-refractivity contribution in [3.63, 3.8) is 0 Å². The number of carbonyl (C=O) groups is 2. The molecule has 0 aromatic heterocycles. The highest BCUT2D eigenvalue weighted by atomic mass is 79.9. The maximum absolute atomic E-state index is 12.5. The van der Waals surface area contributed by atoms with Crippen molar-refractivity contribution in [2.75, 3.05) is 11.9 Å². The van der Waals surface area contributed by atoms with Gasteiger partial charge < -0.3 is 10.1 Å². The monoisotopic (exact) mass is 375 g/mol. The van der Waals surface area contributed by atoms with Gasteiger partial charge in [0.2, 0.25) is 5.91 Å². The SMILES string of the molecule is CCOC(=O)[C@@H](Cc1ccccc1)C(=O)Nc1cccc(Br)c1. The van der Waals surface area contributed by atoms with Crippen molar-refractivity contribution in [2.24, 2.45) is 5.92 Å². The fourth-order valence-corrected chi connectivity index (χ4v) is 2.57. The first-order chi connectivity index (χ1) is 11.1. The van der Waals surface area contributed by atoms with E-state index < -0.39 is 11.9 Å². The maximum Gasteiger partial charge on any atom is 0.318 e. The molecule has 0 fully saturated rings. The highest BCUT2D eigenvalue weighted by Crippen LogP contribution is 2.18. The number of ether oxygens (including phenoxy) is 1. The molecule has 0 heterocycles. The lowest BCUT2D eigenvalue weighted by Gasteiger charge is -2.16. The maximum atomic E-state index is 12.5. The van der Waals surface area contributed by atoms with Crippen molar-refractivity contribution in [1.29, 1.82) is 0 Å². The predicted octanol–water partition coefficient (Wildman–Crippen LogP) is 3.81. The van der Waals surface area contributed by atoms with Gasteiger partial charge in [0.1, 0.15) is 5.92 Å². The largest absolute Gasteiger partial charge is 0.465 e. The quantitative estimate of drug-likeness (QED) is 0.616. The molecule has 0 aliphatic carbocycles. The Hall–Kier alpha value is -2.14. The Labute approximate surface area is 144 Å². The Kier molecular flexibility index (Phi) is 6.35. The van der Waals surface area contributed by atoms with Gasteiger partial charge >= 0.3 is 5.97 Å². The van der Waals surface area contributed by atoms with E-state index in [2.05, 4.69) is 21.2 Å². The Morgan fingerprint density at radius 3 is 2.52 bits per heavy atom. The molecule has 0 saturated heterocycles. The molecule has 4 nitrogen and oxygen atoms in total. The summed E-state index contributed by atoms with van der Waals surface area (Å²) in [6.07, 6.45) is 0.305. The second-order valence-corrected chi connectivity index (χ2v) is 5.91. The lowest BCUT2D eigenvalue weighted by Crippen LogP contribution is -2.33. The minimum atomic E-state index is -0.878. The molecule has 0 radical (unpaired) electrons. The van der Waals surface area contributed by atoms with E-state index in [1.807, 2.05) is 42.5 Å². The second kappa shape index (κ2) is 8.48. The summed E-state index contributed by atoms with van der Waals surface area (Å²) in [5, 5.41) is 2.77. The minimum absolute atomic E-state index is 0.244. The Morgan fingerprint density at radius 1 is 1.13 bits per heavy atom. The third-order valence-electron chi connectivity index (χ3n) is 3.26. The minimum Gasteiger partial charge on any atom is -0.465 e. The lowest BCUT2D eigenvalue weighted by molar-refractivity contribution is -0.150. The first kappa shape index (κ1) is 17.2. The van der Waals surface area contributed by atoms with Crippen LogP contribution in [-0.4, -0.2) is 18.5 Å². The number of rotatable bonds is 6. The van der Waals surface area contributed by atoms with Gasteiger partial charge in [0, 0.05) is 10.2 Å². The number of halogens is 1. The molecule has 0 aliphatic rings. The number of hydrogen-bond acceptors (Lipinski definition) is 3. The van der Waals surface area contributed by atoms with Crippen LogP contribution in [0.4, 0.5) is 5.69 Å². The second-order valence-electron chi connectivity index (χ2n) is 4.99. The van der Waals surface area contributed by atoms with Crippen LogP contribution < -0.4 is 5.32 Å². The van der Waals surface area contributed by atoms with Gasteiger partial charge in [-0.05, 0) is 37.1 Å². The van der Waals surface area contributed by atoms with Gasteiger partial charge in [-0.15, -0.1) is 0 Å². The zero-order valence-corrected chi connectivity index (χ0v) is 14.4. The van der Waals surface area contributed by atoms with Crippen LogP contribution in [0.1, 0.15) is 12.5 Å². The number of nitrogens with one attached hydrogen (secondary N) is 1. The molecule has 0 bridgehead atoms. The molecular weight excluding hydrogens is 358 g/mol. The van der Waals surface area contributed by atoms with E-state index in [1.54, 1.807) is 19.1 Å². The van der Waals surface area contributed by atoms with Crippen molar-refractivity contribution in [2.45, 2.75) is 13.3 Å². The standard InChI is InChI=1S/C18H18BrNO3/c1-2-23-18(22)16(11-13-7-4-3-5-8-13)17(21)20-15-10-6-9-14(19)12-15/h3-10,12,16H,2,11H2,1H3,(H,20,21)/t16-/m0/s1. The van der Waals surface area contributed by atoms with Crippen LogP contribution in [0.2, 0.25) is 0 Å². The van der Waals surface area contributed by atoms with Crippen LogP contribution in [0, 0.1) is 5.92 Å². The zero-order chi connectivity index (χ0) is 16.7. The van der Waals surface area contributed by atoms with Gasteiger partial charge in [-0.1, -0.05) is 52.3 Å². The van der Waals surface area contributed by atoms with Crippen molar-refractivity contribution in [1.82, 2.24) is 0 Å². The molecule has 1 N–H and O–H groups in total. The third-order valence-corrected chi connectivity index (χ3v) is 3.76. The topological polar surface area (TPSA) is 55.4 Å². The molecule has 1 atom stereocenters. The smallest absolute Gasteiger partial charge is 0.318 e. The average molecular weight is 376 g/mol. The van der Waals surface area contributed by atoms with Gasteiger partial charge in [-0.3, -0.25) is 9.59 Å². The summed E-state index contributed by atoms with van der Waals surface area (Å²) < 4.78 is 5.90. The summed E-state index contributed by atoms with van der Waals surface area (Å²) in [5.74, 6) is -1.76. The molecular formula is C18H18BrNO3. The van der Waals surface area contributed by atoms with E-state index in [0.29, 0.717) is 12.1 Å². The van der Waals surface area contributed by atoms with Crippen LogP contribution >= 0.6 is 15.9 Å². The van der Waals surface area contributed by atoms with E-state index in [4.69, 9.17) is 4.74 Å². The molecule has 2 aromatic rings. The van der Waals surface area contributed by atoms with Gasteiger partial charge in [0.15, 0.2) is 0 Å². The Morgan fingerprint density at radius 2 is 1.87 bits per heavy atom. The molecule has 0 saturated carbocycles. The van der Waals surface area contributed by atoms with Crippen molar-refractivity contribution < 1.29 is 14.3 Å². The summed E-state index contributed by atoms with van der Waals surface area (Å²) in [7, 11) is 0. The third kappa shape index (κ3) is 5.21. The van der Waals surface area contributed by atoms with Crippen molar-refractivity contribution >= 4 is 33.5 Å². The van der Waals surface area contributed by atoms with E-state index >= 15 is 0 Å². The van der Waals surface area contributed by atoms with E-state index in [0.717, 1.165) is 10.0 Å². The van der Waals surface area contributed by atoms with Crippen LogP contribution in [0.25, 0.3) is 0 Å². The molecule has 1 amide bonds. The molecule has 2 aromatic carbocycles. The first-order valence-electron chi connectivity index (χ1n) is 7.37. The lowest BCUT2D eigenvalue weighted by atomic mass is 9.98. The van der Waals surface area contributed by atoms with E-state index in [1.165, 1.54) is 0 Å². The number of esters is 1. The number of hydrogen-bond donors (Lipinski definition) is 1. The van der Waals surface area contributed by atoms with Crippen molar-refractivity contribution in [3.05, 3.63) is 64.6 Å². The highest BCUT2D eigenvalue weighted by molar-refractivity contribution is 9.10. The van der Waals surface area contributed by atoms with Gasteiger partial charge in [0.25, 0.3) is 0 Å². The number of amides is 1. The average Bonchev–Trinajstić information content (AvgIpc) is 2.53. The Balaban J connectivity index is 2.15. The zero-order valence-electron chi connectivity index (χ0n) is 12.8. The van der Waals surface area contributed by atoms with Crippen LogP contribution in [-0.2, 0) is 20.7 Å². The van der Waals surface area contributed by atoms with E-state index in [9.17, 15) is 9.59 Å². The molecule has 120 valence electrons. The number of benzene rings is 2.